The van der Waals surface area contributed by atoms with Gasteiger partial charge < -0.3 is 5.32 Å². The zero-order valence-corrected chi connectivity index (χ0v) is 11.6. The van der Waals surface area contributed by atoms with Gasteiger partial charge in [-0.25, -0.2) is 0 Å². The minimum absolute atomic E-state index is 0.216. The van der Waals surface area contributed by atoms with E-state index >= 15 is 0 Å². The van der Waals surface area contributed by atoms with Crippen molar-refractivity contribution in [2.24, 2.45) is 0 Å². The van der Waals surface area contributed by atoms with Crippen molar-refractivity contribution in [2.45, 2.75) is 53.0 Å². The zero-order valence-electron chi connectivity index (χ0n) is 11.6. The van der Waals surface area contributed by atoms with Gasteiger partial charge in [0.25, 0.3) is 0 Å². The number of aromatic nitrogens is 1. The number of aryl methyl sites for hydroxylation is 1. The van der Waals surface area contributed by atoms with Crippen LogP contribution in [-0.2, 0) is 5.54 Å². The fourth-order valence-corrected chi connectivity index (χ4v) is 1.51. The van der Waals surface area contributed by atoms with Crippen molar-refractivity contribution < 1.29 is 0 Å². The number of rotatable bonds is 2. The Morgan fingerprint density at radius 1 is 1.12 bits per heavy atom. The van der Waals surface area contributed by atoms with Gasteiger partial charge in [0.2, 0.25) is 0 Å². The Kier molecular flexibility index (Phi) is 6.98. The molecule has 1 aliphatic carbocycles. The van der Waals surface area contributed by atoms with Crippen molar-refractivity contribution in [2.75, 3.05) is 7.05 Å². The summed E-state index contributed by atoms with van der Waals surface area (Å²) in [6.45, 7) is 10.1. The van der Waals surface area contributed by atoms with E-state index in [1.807, 2.05) is 40.9 Å². The van der Waals surface area contributed by atoms with Crippen LogP contribution in [-0.4, -0.2) is 12.0 Å². The van der Waals surface area contributed by atoms with Gasteiger partial charge in [-0.15, -0.1) is 0 Å². The normalized spacial score (nSPS) is 15.1. The largest absolute Gasteiger partial charge is 0.309 e. The number of hydrogen-bond donors (Lipinski definition) is 1. The van der Waals surface area contributed by atoms with Gasteiger partial charge in [0, 0.05) is 6.20 Å². The fraction of sp³-hybridized carbons (Fsp3) is 0.643. The summed E-state index contributed by atoms with van der Waals surface area (Å²) in [6, 6.07) is 4.25. The smallest absolute Gasteiger partial charge is 0.0607 e. The van der Waals surface area contributed by atoms with E-state index < -0.39 is 0 Å². The lowest BCUT2D eigenvalue weighted by Gasteiger charge is -2.12. The van der Waals surface area contributed by atoms with Crippen molar-refractivity contribution in [3.8, 4) is 0 Å². The van der Waals surface area contributed by atoms with Crippen molar-refractivity contribution in [1.29, 1.82) is 0 Å². The van der Waals surface area contributed by atoms with Gasteiger partial charge >= 0.3 is 0 Å². The highest BCUT2D eigenvalue weighted by Crippen LogP contribution is 2.43. The summed E-state index contributed by atoms with van der Waals surface area (Å²) in [6.07, 6.45) is 4.38. The third kappa shape index (κ3) is 3.60. The fourth-order valence-electron chi connectivity index (χ4n) is 1.51. The molecule has 0 aliphatic heterocycles. The molecule has 0 unspecified atom stereocenters. The third-order valence-corrected chi connectivity index (χ3v) is 2.63. The molecule has 16 heavy (non-hydrogen) atoms. The second-order valence-electron chi connectivity index (χ2n) is 3.55. The molecule has 0 saturated heterocycles. The van der Waals surface area contributed by atoms with E-state index in [1.165, 1.54) is 24.1 Å². The molecule has 1 aliphatic rings. The van der Waals surface area contributed by atoms with E-state index in [4.69, 9.17) is 0 Å². The first-order valence-electron chi connectivity index (χ1n) is 6.39. The second-order valence-corrected chi connectivity index (χ2v) is 3.55. The van der Waals surface area contributed by atoms with Gasteiger partial charge in [-0.3, -0.25) is 4.98 Å². The lowest BCUT2D eigenvalue weighted by atomic mass is 10.1. The van der Waals surface area contributed by atoms with E-state index in [1.54, 1.807) is 0 Å². The molecule has 2 nitrogen and oxygen atoms in total. The van der Waals surface area contributed by atoms with E-state index in [2.05, 4.69) is 29.4 Å². The Morgan fingerprint density at radius 2 is 1.69 bits per heavy atom. The first-order chi connectivity index (χ1) is 7.77. The monoisotopic (exact) mass is 222 g/mol. The highest BCUT2D eigenvalue weighted by Gasteiger charge is 2.43. The minimum Gasteiger partial charge on any atom is -0.309 e. The number of nitrogens with zero attached hydrogens (tertiary/aromatic N) is 1. The Bertz CT molecular complexity index is 273. The van der Waals surface area contributed by atoms with Crippen LogP contribution in [0.2, 0.25) is 0 Å². The molecule has 1 saturated carbocycles. The molecule has 0 amide bonds. The molecule has 0 aromatic carbocycles. The Hall–Kier alpha value is -0.890. The summed E-state index contributed by atoms with van der Waals surface area (Å²) in [4.78, 5) is 4.42. The van der Waals surface area contributed by atoms with Crippen LogP contribution < -0.4 is 5.32 Å². The predicted octanol–water partition coefficient (Wildman–Crippen LogP) is 3.65. The highest BCUT2D eigenvalue weighted by molar-refractivity contribution is 5.24. The molecule has 1 aromatic heterocycles. The quantitative estimate of drug-likeness (QED) is 0.826. The maximum Gasteiger partial charge on any atom is 0.0607 e. The van der Waals surface area contributed by atoms with Crippen LogP contribution in [0.15, 0.2) is 18.3 Å². The molecule has 0 atom stereocenters. The van der Waals surface area contributed by atoms with Crippen LogP contribution in [0.25, 0.3) is 0 Å². The van der Waals surface area contributed by atoms with Crippen LogP contribution in [0.4, 0.5) is 0 Å². The topological polar surface area (TPSA) is 24.9 Å². The SMILES string of the molecule is CC.CC.CNC1(c2ccc(C)cn2)CC1. The van der Waals surface area contributed by atoms with Gasteiger partial charge in [0.15, 0.2) is 0 Å². The van der Waals surface area contributed by atoms with E-state index in [0.29, 0.717) is 0 Å². The minimum atomic E-state index is 0.216. The predicted molar refractivity (Wildman–Crippen MR) is 71.6 cm³/mol. The molecule has 1 N–H and O–H groups in total. The Morgan fingerprint density at radius 3 is 2.00 bits per heavy atom. The molecule has 92 valence electrons. The van der Waals surface area contributed by atoms with Gasteiger partial charge in [-0.2, -0.15) is 0 Å². The number of nitrogens with one attached hydrogen (secondary N) is 1. The number of hydrogen-bond acceptors (Lipinski definition) is 2. The first kappa shape index (κ1) is 15.1. The average molecular weight is 222 g/mol. The molecular formula is C14H26N2. The van der Waals surface area contributed by atoms with Crippen LogP contribution in [0, 0.1) is 6.92 Å². The van der Waals surface area contributed by atoms with Gasteiger partial charge in [0.05, 0.1) is 11.2 Å². The van der Waals surface area contributed by atoms with Crippen molar-refractivity contribution in [1.82, 2.24) is 10.3 Å². The molecule has 2 rings (SSSR count). The molecular weight excluding hydrogens is 196 g/mol. The lowest BCUT2D eigenvalue weighted by Crippen LogP contribution is -2.25. The summed E-state index contributed by atoms with van der Waals surface area (Å²) in [5.74, 6) is 0. The van der Waals surface area contributed by atoms with Crippen LogP contribution >= 0.6 is 0 Å². The highest BCUT2D eigenvalue weighted by atomic mass is 15.0. The maximum atomic E-state index is 4.42. The third-order valence-electron chi connectivity index (χ3n) is 2.63. The zero-order chi connectivity index (χ0) is 12.6. The van der Waals surface area contributed by atoms with Crippen LogP contribution in [0.1, 0.15) is 51.8 Å². The Balaban J connectivity index is 0.000000509. The van der Waals surface area contributed by atoms with Crippen molar-refractivity contribution >= 4 is 0 Å². The van der Waals surface area contributed by atoms with Crippen LogP contribution in [0.3, 0.4) is 0 Å². The molecule has 1 fully saturated rings. The summed E-state index contributed by atoms with van der Waals surface area (Å²) < 4.78 is 0. The van der Waals surface area contributed by atoms with E-state index in [9.17, 15) is 0 Å². The van der Waals surface area contributed by atoms with Gasteiger partial charge in [0.1, 0.15) is 0 Å². The van der Waals surface area contributed by atoms with E-state index in [0.717, 1.165) is 0 Å². The molecule has 0 spiro atoms. The molecule has 1 heterocycles. The van der Waals surface area contributed by atoms with Crippen LogP contribution in [0.5, 0.6) is 0 Å². The lowest BCUT2D eigenvalue weighted by molar-refractivity contribution is 0.567. The summed E-state index contributed by atoms with van der Waals surface area (Å²) in [7, 11) is 2.01. The summed E-state index contributed by atoms with van der Waals surface area (Å²) >= 11 is 0. The first-order valence-corrected chi connectivity index (χ1v) is 6.39. The number of pyridine rings is 1. The maximum absolute atomic E-state index is 4.42. The van der Waals surface area contributed by atoms with Gasteiger partial charge in [-0.1, -0.05) is 33.8 Å². The average Bonchev–Trinajstić information content (AvgIpc) is 3.16. The molecule has 0 bridgehead atoms. The molecule has 1 aromatic rings. The molecule has 0 radical (unpaired) electrons. The summed E-state index contributed by atoms with van der Waals surface area (Å²) in [5.41, 5.74) is 2.63. The second kappa shape index (κ2) is 7.39. The van der Waals surface area contributed by atoms with Gasteiger partial charge in [-0.05, 0) is 38.4 Å². The Labute approximate surface area is 100 Å². The van der Waals surface area contributed by atoms with E-state index in [-0.39, 0.29) is 5.54 Å². The summed E-state index contributed by atoms with van der Waals surface area (Å²) in [5, 5.41) is 3.33. The van der Waals surface area contributed by atoms with Crippen molar-refractivity contribution in [3.05, 3.63) is 29.6 Å². The standard InChI is InChI=1S/C10H14N2.2C2H6/c1-8-3-4-9(12-7-8)10(11-2)5-6-10;2*1-2/h3-4,7,11H,5-6H2,1-2H3;2*1-2H3. The van der Waals surface area contributed by atoms with Crippen molar-refractivity contribution in [3.63, 3.8) is 0 Å². The molecule has 2 heteroatoms.